The Morgan fingerprint density at radius 1 is 1.19 bits per heavy atom. The number of benzene rings is 2. The molecule has 0 aromatic heterocycles. The smallest absolute Gasteiger partial charge is 0.409 e. The first-order valence-corrected chi connectivity index (χ1v) is 6.80. The summed E-state index contributed by atoms with van der Waals surface area (Å²) in [5.41, 5.74) is 3.95. The van der Waals surface area contributed by atoms with Gasteiger partial charge in [0.15, 0.2) is 0 Å². The Bertz CT molecular complexity index is 701. The molecule has 0 saturated carbocycles. The highest BCUT2D eigenvalue weighted by molar-refractivity contribution is 5.84. The predicted octanol–water partition coefficient (Wildman–Crippen LogP) is 3.94. The monoisotopic (exact) mass is 286 g/mol. The van der Waals surface area contributed by atoms with Crippen molar-refractivity contribution in [1.29, 1.82) is 0 Å². The molecule has 108 valence electrons. The molecular formula is C16H15FN2O2. The van der Waals surface area contributed by atoms with E-state index in [1.807, 2.05) is 17.4 Å². The van der Waals surface area contributed by atoms with Gasteiger partial charge in [0, 0.05) is 12.2 Å². The summed E-state index contributed by atoms with van der Waals surface area (Å²) in [6.45, 7) is 0.951. The van der Waals surface area contributed by atoms with Crippen LogP contribution in [0.3, 0.4) is 0 Å². The van der Waals surface area contributed by atoms with E-state index in [0.717, 1.165) is 36.2 Å². The molecule has 0 saturated heterocycles. The standard InChI is InChI=1S/C16H15FN2O2/c17-13-8-11(5-6-14(13)19-16(20)21)12-4-3-10-2-1-7-18-15(10)9-12/h3-6,8-9,18-19H,1-2,7H2,(H,20,21). The minimum Gasteiger partial charge on any atom is -0.465 e. The van der Waals surface area contributed by atoms with E-state index in [4.69, 9.17) is 5.11 Å². The van der Waals surface area contributed by atoms with Gasteiger partial charge in [0.2, 0.25) is 0 Å². The van der Waals surface area contributed by atoms with Crippen LogP contribution in [0.1, 0.15) is 12.0 Å². The van der Waals surface area contributed by atoms with E-state index in [-0.39, 0.29) is 5.69 Å². The topological polar surface area (TPSA) is 61.4 Å². The fourth-order valence-corrected chi connectivity index (χ4v) is 2.55. The molecule has 0 spiro atoms. The van der Waals surface area contributed by atoms with Crippen LogP contribution in [0, 0.1) is 5.82 Å². The Kier molecular flexibility index (Phi) is 3.48. The van der Waals surface area contributed by atoms with E-state index in [9.17, 15) is 9.18 Å². The lowest BCUT2D eigenvalue weighted by atomic mass is 9.98. The molecule has 0 fully saturated rings. The van der Waals surface area contributed by atoms with E-state index < -0.39 is 11.9 Å². The second-order valence-corrected chi connectivity index (χ2v) is 5.03. The SMILES string of the molecule is O=C(O)Nc1ccc(-c2ccc3c(c2)NCCC3)cc1F. The minimum absolute atomic E-state index is 0.0395. The van der Waals surface area contributed by atoms with Crippen LogP contribution < -0.4 is 10.6 Å². The average Bonchev–Trinajstić information content (AvgIpc) is 2.48. The van der Waals surface area contributed by atoms with Crippen molar-refractivity contribution >= 4 is 17.5 Å². The molecule has 0 unspecified atom stereocenters. The number of anilines is 2. The van der Waals surface area contributed by atoms with E-state index in [2.05, 4.69) is 11.4 Å². The van der Waals surface area contributed by atoms with Gasteiger partial charge in [0.05, 0.1) is 5.69 Å². The first-order valence-electron chi connectivity index (χ1n) is 6.80. The summed E-state index contributed by atoms with van der Waals surface area (Å²) in [6, 6.07) is 10.5. The zero-order valence-corrected chi connectivity index (χ0v) is 11.3. The van der Waals surface area contributed by atoms with Gasteiger partial charge in [-0.25, -0.2) is 9.18 Å². The molecule has 0 atom stereocenters. The average molecular weight is 286 g/mol. The molecule has 3 rings (SSSR count). The van der Waals surface area contributed by atoms with Crippen molar-refractivity contribution in [2.24, 2.45) is 0 Å². The normalized spacial score (nSPS) is 13.2. The Balaban J connectivity index is 1.93. The van der Waals surface area contributed by atoms with Gasteiger partial charge in [0.1, 0.15) is 5.82 Å². The molecule has 2 aromatic rings. The maximum Gasteiger partial charge on any atom is 0.409 e. The molecular weight excluding hydrogens is 271 g/mol. The van der Waals surface area contributed by atoms with Crippen LogP contribution in [0.15, 0.2) is 36.4 Å². The van der Waals surface area contributed by atoms with Crippen LogP contribution in [0.4, 0.5) is 20.6 Å². The lowest BCUT2D eigenvalue weighted by molar-refractivity contribution is 0.209. The number of halogens is 1. The number of carbonyl (C=O) groups is 1. The number of carboxylic acid groups (broad SMARTS) is 1. The van der Waals surface area contributed by atoms with Gasteiger partial charge in [-0.1, -0.05) is 18.2 Å². The summed E-state index contributed by atoms with van der Waals surface area (Å²) in [5.74, 6) is -0.583. The summed E-state index contributed by atoms with van der Waals surface area (Å²) in [7, 11) is 0. The first kappa shape index (κ1) is 13.4. The van der Waals surface area contributed by atoms with Crippen molar-refractivity contribution in [3.63, 3.8) is 0 Å². The Morgan fingerprint density at radius 2 is 1.95 bits per heavy atom. The second kappa shape index (κ2) is 5.44. The van der Waals surface area contributed by atoms with Crippen molar-refractivity contribution in [1.82, 2.24) is 0 Å². The molecule has 0 aliphatic carbocycles. The maximum atomic E-state index is 13.9. The minimum atomic E-state index is -1.28. The highest BCUT2D eigenvalue weighted by Crippen LogP contribution is 2.30. The molecule has 1 aliphatic rings. The van der Waals surface area contributed by atoms with E-state index in [1.165, 1.54) is 17.7 Å². The highest BCUT2D eigenvalue weighted by atomic mass is 19.1. The molecule has 2 aromatic carbocycles. The summed E-state index contributed by atoms with van der Waals surface area (Å²) in [5, 5.41) is 14.0. The van der Waals surface area contributed by atoms with Crippen LogP contribution in [-0.2, 0) is 6.42 Å². The van der Waals surface area contributed by atoms with E-state index in [0.29, 0.717) is 0 Å². The van der Waals surface area contributed by atoms with Gasteiger partial charge < -0.3 is 10.4 Å². The number of hydrogen-bond acceptors (Lipinski definition) is 2. The number of hydrogen-bond donors (Lipinski definition) is 3. The van der Waals surface area contributed by atoms with Gasteiger partial charge in [0.25, 0.3) is 0 Å². The van der Waals surface area contributed by atoms with Crippen molar-refractivity contribution in [2.45, 2.75) is 12.8 Å². The van der Waals surface area contributed by atoms with Crippen LogP contribution in [-0.4, -0.2) is 17.7 Å². The second-order valence-electron chi connectivity index (χ2n) is 5.03. The van der Waals surface area contributed by atoms with Gasteiger partial charge in [-0.05, 0) is 47.7 Å². The van der Waals surface area contributed by atoms with Gasteiger partial charge >= 0.3 is 6.09 Å². The number of amides is 1. The molecule has 1 heterocycles. The van der Waals surface area contributed by atoms with Crippen molar-refractivity contribution in [3.8, 4) is 11.1 Å². The molecule has 1 aliphatic heterocycles. The van der Waals surface area contributed by atoms with Crippen molar-refractivity contribution < 1.29 is 14.3 Å². The van der Waals surface area contributed by atoms with Crippen molar-refractivity contribution in [3.05, 3.63) is 47.8 Å². The van der Waals surface area contributed by atoms with Crippen LogP contribution in [0.25, 0.3) is 11.1 Å². The molecule has 21 heavy (non-hydrogen) atoms. The lowest BCUT2D eigenvalue weighted by Crippen LogP contribution is -2.11. The zero-order chi connectivity index (χ0) is 14.8. The summed E-state index contributed by atoms with van der Waals surface area (Å²) in [4.78, 5) is 10.6. The Hall–Kier alpha value is -2.56. The first-order chi connectivity index (χ1) is 10.1. The Labute approximate surface area is 121 Å². The van der Waals surface area contributed by atoms with Gasteiger partial charge in [-0.2, -0.15) is 0 Å². The molecule has 5 heteroatoms. The third kappa shape index (κ3) is 2.81. The number of nitrogens with one attached hydrogen (secondary N) is 2. The lowest BCUT2D eigenvalue weighted by Gasteiger charge is -2.19. The van der Waals surface area contributed by atoms with Gasteiger partial charge in [-0.15, -0.1) is 0 Å². The largest absolute Gasteiger partial charge is 0.465 e. The fourth-order valence-electron chi connectivity index (χ4n) is 2.55. The summed E-state index contributed by atoms with van der Waals surface area (Å²) >= 11 is 0. The molecule has 0 bridgehead atoms. The van der Waals surface area contributed by atoms with E-state index >= 15 is 0 Å². The molecule has 1 amide bonds. The third-order valence-corrected chi connectivity index (χ3v) is 3.59. The quantitative estimate of drug-likeness (QED) is 0.783. The molecule has 3 N–H and O–H groups in total. The fraction of sp³-hybridized carbons (Fsp3) is 0.188. The van der Waals surface area contributed by atoms with Crippen molar-refractivity contribution in [2.75, 3.05) is 17.2 Å². The van der Waals surface area contributed by atoms with Crippen LogP contribution >= 0.6 is 0 Å². The zero-order valence-electron chi connectivity index (χ0n) is 11.3. The maximum absolute atomic E-state index is 13.9. The molecule has 0 radical (unpaired) electrons. The van der Waals surface area contributed by atoms with E-state index in [1.54, 1.807) is 6.07 Å². The third-order valence-electron chi connectivity index (χ3n) is 3.59. The summed E-state index contributed by atoms with van der Waals surface area (Å²) in [6.07, 6.45) is 0.897. The highest BCUT2D eigenvalue weighted by Gasteiger charge is 2.11. The Morgan fingerprint density at radius 3 is 2.71 bits per heavy atom. The van der Waals surface area contributed by atoms with Crippen LogP contribution in [0.2, 0.25) is 0 Å². The predicted molar refractivity (Wildman–Crippen MR) is 80.3 cm³/mol. The number of fused-ring (bicyclic) bond motifs is 1. The summed E-state index contributed by atoms with van der Waals surface area (Å²) < 4.78 is 13.9. The number of rotatable bonds is 2. The van der Waals surface area contributed by atoms with Crippen LogP contribution in [0.5, 0.6) is 0 Å². The number of aryl methyl sites for hydroxylation is 1. The molecule has 4 nitrogen and oxygen atoms in total. The van der Waals surface area contributed by atoms with Gasteiger partial charge in [-0.3, -0.25) is 5.32 Å².